The Hall–Kier alpha value is -2.09. The van der Waals surface area contributed by atoms with Crippen LogP contribution in [-0.4, -0.2) is 13.1 Å². The topological polar surface area (TPSA) is 26.3 Å². The molecule has 0 heterocycles. The number of hydrogen-bond donors (Lipinski definition) is 0. The van der Waals surface area contributed by atoms with Gasteiger partial charge in [0.15, 0.2) is 0 Å². The summed E-state index contributed by atoms with van der Waals surface area (Å²) >= 11 is 0. The molecule has 2 heteroatoms. The lowest BCUT2D eigenvalue weighted by Crippen LogP contribution is -2.10. The first-order valence-electron chi connectivity index (χ1n) is 6.82. The number of esters is 1. The Morgan fingerprint density at radius 3 is 2.00 bits per heavy atom. The molecule has 0 amide bonds. The molecule has 104 valence electrons. The van der Waals surface area contributed by atoms with Crippen molar-refractivity contribution in [2.24, 2.45) is 0 Å². The van der Waals surface area contributed by atoms with Crippen LogP contribution in [0.1, 0.15) is 35.1 Å². The van der Waals surface area contributed by atoms with Gasteiger partial charge in [-0.2, -0.15) is 0 Å². The number of methoxy groups -OCH3 is 1. The SMILES string of the molecule is COC(=O)C(C)c1ccc(Cc2ccc(C)cc2)cc1. The zero-order valence-corrected chi connectivity index (χ0v) is 12.2. The van der Waals surface area contributed by atoms with Crippen molar-refractivity contribution in [3.8, 4) is 0 Å². The normalized spacial score (nSPS) is 11.9. The van der Waals surface area contributed by atoms with Crippen molar-refractivity contribution in [2.75, 3.05) is 7.11 Å². The van der Waals surface area contributed by atoms with Gasteiger partial charge in [0.25, 0.3) is 0 Å². The highest BCUT2D eigenvalue weighted by Crippen LogP contribution is 2.18. The first kappa shape index (κ1) is 14.3. The minimum Gasteiger partial charge on any atom is -0.469 e. The molecule has 2 rings (SSSR count). The number of carbonyl (C=O) groups excluding carboxylic acids is 1. The first-order valence-corrected chi connectivity index (χ1v) is 6.82. The highest BCUT2D eigenvalue weighted by Gasteiger charge is 2.14. The third-order valence-corrected chi connectivity index (χ3v) is 3.56. The fourth-order valence-corrected chi connectivity index (χ4v) is 2.18. The van der Waals surface area contributed by atoms with Crippen molar-refractivity contribution in [3.63, 3.8) is 0 Å². The molecule has 0 bridgehead atoms. The van der Waals surface area contributed by atoms with Gasteiger partial charge in [0.05, 0.1) is 13.0 Å². The molecule has 0 aliphatic rings. The molecular weight excluding hydrogens is 248 g/mol. The average molecular weight is 268 g/mol. The highest BCUT2D eigenvalue weighted by molar-refractivity contribution is 5.77. The van der Waals surface area contributed by atoms with E-state index in [4.69, 9.17) is 4.74 Å². The molecule has 0 aliphatic heterocycles. The Morgan fingerprint density at radius 2 is 1.50 bits per heavy atom. The van der Waals surface area contributed by atoms with Gasteiger partial charge in [0.1, 0.15) is 0 Å². The zero-order chi connectivity index (χ0) is 14.5. The van der Waals surface area contributed by atoms with Gasteiger partial charge in [-0.1, -0.05) is 54.1 Å². The maximum Gasteiger partial charge on any atom is 0.312 e. The number of benzene rings is 2. The third kappa shape index (κ3) is 3.47. The molecular formula is C18H20O2. The second-order valence-electron chi connectivity index (χ2n) is 5.15. The number of ether oxygens (including phenoxy) is 1. The zero-order valence-electron chi connectivity index (χ0n) is 12.2. The Morgan fingerprint density at radius 1 is 1.00 bits per heavy atom. The second-order valence-corrected chi connectivity index (χ2v) is 5.15. The van der Waals surface area contributed by atoms with E-state index in [1.807, 2.05) is 19.1 Å². The van der Waals surface area contributed by atoms with Crippen LogP contribution in [0.3, 0.4) is 0 Å². The lowest BCUT2D eigenvalue weighted by Gasteiger charge is -2.10. The lowest BCUT2D eigenvalue weighted by molar-refractivity contribution is -0.141. The van der Waals surface area contributed by atoms with Gasteiger partial charge in [-0.05, 0) is 37.0 Å². The van der Waals surface area contributed by atoms with E-state index in [-0.39, 0.29) is 11.9 Å². The van der Waals surface area contributed by atoms with Crippen LogP contribution in [0.4, 0.5) is 0 Å². The van der Waals surface area contributed by atoms with Crippen LogP contribution < -0.4 is 0 Å². The van der Waals surface area contributed by atoms with Crippen molar-refractivity contribution in [1.82, 2.24) is 0 Å². The van der Waals surface area contributed by atoms with Crippen molar-refractivity contribution in [2.45, 2.75) is 26.2 Å². The maximum atomic E-state index is 11.5. The minimum absolute atomic E-state index is 0.198. The molecule has 1 atom stereocenters. The predicted octanol–water partition coefficient (Wildman–Crippen LogP) is 3.86. The maximum absolute atomic E-state index is 11.5. The molecule has 1 unspecified atom stereocenters. The summed E-state index contributed by atoms with van der Waals surface area (Å²) in [6.07, 6.45) is 0.910. The second kappa shape index (κ2) is 6.38. The van der Waals surface area contributed by atoms with Crippen molar-refractivity contribution < 1.29 is 9.53 Å². The smallest absolute Gasteiger partial charge is 0.312 e. The van der Waals surface area contributed by atoms with Crippen molar-refractivity contribution in [3.05, 3.63) is 70.8 Å². The quantitative estimate of drug-likeness (QED) is 0.787. The van der Waals surface area contributed by atoms with Gasteiger partial charge in [0, 0.05) is 0 Å². The summed E-state index contributed by atoms with van der Waals surface area (Å²) < 4.78 is 4.76. The van der Waals surface area contributed by atoms with E-state index < -0.39 is 0 Å². The van der Waals surface area contributed by atoms with Crippen LogP contribution >= 0.6 is 0 Å². The van der Waals surface area contributed by atoms with Crippen molar-refractivity contribution >= 4 is 5.97 Å². The predicted molar refractivity (Wildman–Crippen MR) is 80.9 cm³/mol. The van der Waals surface area contributed by atoms with Crippen LogP contribution in [0.15, 0.2) is 48.5 Å². The summed E-state index contributed by atoms with van der Waals surface area (Å²) in [5, 5.41) is 0. The van der Waals surface area contributed by atoms with Gasteiger partial charge >= 0.3 is 5.97 Å². The summed E-state index contributed by atoms with van der Waals surface area (Å²) in [6.45, 7) is 3.95. The van der Waals surface area contributed by atoms with Crippen LogP contribution in [0.25, 0.3) is 0 Å². The largest absolute Gasteiger partial charge is 0.469 e. The molecule has 2 nitrogen and oxygen atoms in total. The van der Waals surface area contributed by atoms with E-state index in [0.29, 0.717) is 0 Å². The van der Waals surface area contributed by atoms with Crippen LogP contribution in [-0.2, 0) is 16.0 Å². The molecule has 0 fully saturated rings. The van der Waals surface area contributed by atoms with Gasteiger partial charge in [0.2, 0.25) is 0 Å². The summed E-state index contributed by atoms with van der Waals surface area (Å²) in [4.78, 5) is 11.5. The monoisotopic (exact) mass is 268 g/mol. The standard InChI is InChI=1S/C18H20O2/c1-13-4-6-15(7-5-13)12-16-8-10-17(11-9-16)14(2)18(19)20-3/h4-11,14H,12H2,1-3H3. The van der Waals surface area contributed by atoms with E-state index in [0.717, 1.165) is 12.0 Å². The van der Waals surface area contributed by atoms with E-state index >= 15 is 0 Å². The van der Waals surface area contributed by atoms with E-state index in [1.165, 1.54) is 23.8 Å². The summed E-state index contributed by atoms with van der Waals surface area (Å²) in [5.41, 5.74) is 4.81. The molecule has 0 saturated carbocycles. The fourth-order valence-electron chi connectivity index (χ4n) is 2.18. The number of rotatable bonds is 4. The molecule has 0 aromatic heterocycles. The molecule has 0 spiro atoms. The third-order valence-electron chi connectivity index (χ3n) is 3.56. The van der Waals surface area contributed by atoms with Crippen LogP contribution in [0, 0.1) is 6.92 Å². The molecule has 0 saturated heterocycles. The average Bonchev–Trinajstić information content (AvgIpc) is 2.49. The fraction of sp³-hybridized carbons (Fsp3) is 0.278. The molecule has 2 aromatic rings. The van der Waals surface area contributed by atoms with Gasteiger partial charge in [-0.15, -0.1) is 0 Å². The van der Waals surface area contributed by atoms with E-state index in [2.05, 4.69) is 43.3 Å². The number of hydrogen-bond acceptors (Lipinski definition) is 2. The van der Waals surface area contributed by atoms with Gasteiger partial charge < -0.3 is 4.74 Å². The van der Waals surface area contributed by atoms with Crippen LogP contribution in [0.2, 0.25) is 0 Å². The lowest BCUT2D eigenvalue weighted by atomic mass is 9.97. The van der Waals surface area contributed by atoms with Gasteiger partial charge in [-0.25, -0.2) is 0 Å². The molecule has 0 N–H and O–H groups in total. The number of carbonyl (C=O) groups is 1. The van der Waals surface area contributed by atoms with E-state index in [1.54, 1.807) is 0 Å². The summed E-state index contributed by atoms with van der Waals surface area (Å²) in [5.74, 6) is -0.412. The Labute approximate surface area is 120 Å². The first-order chi connectivity index (χ1) is 9.60. The Kier molecular flexibility index (Phi) is 4.57. The van der Waals surface area contributed by atoms with Gasteiger partial charge in [-0.3, -0.25) is 4.79 Å². The molecule has 2 aromatic carbocycles. The van der Waals surface area contributed by atoms with E-state index in [9.17, 15) is 4.79 Å². The molecule has 0 radical (unpaired) electrons. The summed E-state index contributed by atoms with van der Waals surface area (Å²) in [7, 11) is 1.42. The molecule has 0 aliphatic carbocycles. The number of aryl methyl sites for hydroxylation is 1. The van der Waals surface area contributed by atoms with Crippen molar-refractivity contribution in [1.29, 1.82) is 0 Å². The Bertz CT molecular complexity index is 567. The van der Waals surface area contributed by atoms with Crippen LogP contribution in [0.5, 0.6) is 0 Å². The Balaban J connectivity index is 2.08. The highest BCUT2D eigenvalue weighted by atomic mass is 16.5. The molecule has 20 heavy (non-hydrogen) atoms. The minimum atomic E-state index is -0.214. The summed E-state index contributed by atoms with van der Waals surface area (Å²) in [6, 6.07) is 16.7.